The van der Waals surface area contributed by atoms with Crippen molar-refractivity contribution in [3.8, 4) is 0 Å². The third-order valence-corrected chi connectivity index (χ3v) is 7.36. The Morgan fingerprint density at radius 2 is 2.09 bits per heavy atom. The second-order valence-corrected chi connectivity index (χ2v) is 11.1. The molecule has 178 valence electrons. The van der Waals surface area contributed by atoms with Gasteiger partial charge in [-0.1, -0.05) is 36.1 Å². The zero-order valence-corrected chi connectivity index (χ0v) is 19.9. The topological polar surface area (TPSA) is 132 Å². The van der Waals surface area contributed by atoms with E-state index in [9.17, 15) is 13.2 Å². The molecule has 0 aromatic heterocycles. The van der Waals surface area contributed by atoms with Crippen LogP contribution in [0.15, 0.2) is 47.0 Å². The largest absolute Gasteiger partial charge is 0.487 e. The number of ether oxygens (including phenoxy) is 2. The van der Waals surface area contributed by atoms with Crippen LogP contribution in [0.2, 0.25) is 0 Å². The number of nitrogens with two attached hydrogens (primary N) is 1. The quantitative estimate of drug-likeness (QED) is 0.314. The highest BCUT2D eigenvalue weighted by atomic mass is 32.2. The summed E-state index contributed by atoms with van der Waals surface area (Å²) in [7, 11) is -0.661. The normalized spacial score (nSPS) is 26.6. The molecule has 2 amide bonds. The van der Waals surface area contributed by atoms with E-state index in [1.165, 1.54) is 7.05 Å². The zero-order chi connectivity index (χ0) is 23.6. The standard InChI is InChI=1S/C21H33N5O5S/c1-21(2,13-24-20(27)23-12-15-8-10-16(30-4)11-9-15)14-31-18-7-5-6-17-19(18)26(3,22)32(28,29)25-17/h7-10,16,25H,5-6,11-14,22H2,1-4H3,(H-,23,24,27)/p+1. The van der Waals surface area contributed by atoms with Crippen LogP contribution in [0, 0.1) is 5.41 Å². The molecule has 0 aromatic carbocycles. The summed E-state index contributed by atoms with van der Waals surface area (Å²) in [5.41, 5.74) is 1.65. The van der Waals surface area contributed by atoms with E-state index in [0.29, 0.717) is 43.1 Å². The summed E-state index contributed by atoms with van der Waals surface area (Å²) < 4.78 is 37.7. The van der Waals surface area contributed by atoms with Gasteiger partial charge in [0.05, 0.1) is 18.4 Å². The van der Waals surface area contributed by atoms with Gasteiger partial charge < -0.3 is 20.1 Å². The van der Waals surface area contributed by atoms with Gasteiger partial charge in [0.2, 0.25) is 5.70 Å². The van der Waals surface area contributed by atoms with Crippen LogP contribution in [0.5, 0.6) is 0 Å². The number of methoxy groups -OCH3 is 1. The molecule has 0 spiro atoms. The minimum absolute atomic E-state index is 0.0931. The summed E-state index contributed by atoms with van der Waals surface area (Å²) in [6.45, 7) is 5.02. The average Bonchev–Trinajstić information content (AvgIpc) is 2.93. The van der Waals surface area contributed by atoms with Gasteiger partial charge in [0.15, 0.2) is 5.76 Å². The Balaban J connectivity index is 1.47. The van der Waals surface area contributed by atoms with Gasteiger partial charge in [-0.15, -0.1) is 8.42 Å². The number of hydrogen-bond donors (Lipinski definition) is 4. The summed E-state index contributed by atoms with van der Waals surface area (Å²) in [6.07, 6.45) is 9.96. The molecule has 0 fully saturated rings. The van der Waals surface area contributed by atoms with Crippen molar-refractivity contribution in [1.29, 1.82) is 0 Å². The van der Waals surface area contributed by atoms with Crippen molar-refractivity contribution in [1.82, 2.24) is 15.4 Å². The second-order valence-electron chi connectivity index (χ2n) is 9.14. The van der Waals surface area contributed by atoms with Crippen LogP contribution in [0.1, 0.15) is 33.1 Å². The molecule has 0 saturated carbocycles. The highest BCUT2D eigenvalue weighted by Crippen LogP contribution is 2.37. The molecule has 11 heteroatoms. The summed E-state index contributed by atoms with van der Waals surface area (Å²) in [5, 5.41) is 5.72. The van der Waals surface area contributed by atoms with Gasteiger partial charge in [0.25, 0.3) is 0 Å². The minimum Gasteiger partial charge on any atom is -0.487 e. The monoisotopic (exact) mass is 468 g/mol. The van der Waals surface area contributed by atoms with E-state index < -0.39 is 19.6 Å². The minimum atomic E-state index is -3.75. The Labute approximate surface area is 189 Å². The van der Waals surface area contributed by atoms with Crippen LogP contribution in [0.4, 0.5) is 4.79 Å². The van der Waals surface area contributed by atoms with Gasteiger partial charge in [-0.2, -0.15) is 5.84 Å². The first-order valence-electron chi connectivity index (χ1n) is 10.6. The van der Waals surface area contributed by atoms with E-state index in [2.05, 4.69) is 21.4 Å². The zero-order valence-electron chi connectivity index (χ0n) is 19.1. The lowest BCUT2D eigenvalue weighted by Gasteiger charge is -2.28. The lowest BCUT2D eigenvalue weighted by Crippen LogP contribution is -2.54. The van der Waals surface area contributed by atoms with Crippen molar-refractivity contribution in [2.45, 2.75) is 39.2 Å². The molecular formula is C21H34N5O5S+. The summed E-state index contributed by atoms with van der Waals surface area (Å²) in [6, 6.07) is -0.264. The summed E-state index contributed by atoms with van der Waals surface area (Å²) >= 11 is 0. The lowest BCUT2D eigenvalue weighted by molar-refractivity contribution is -0.753. The number of carbonyl (C=O) groups is 1. The molecule has 2 atom stereocenters. The number of nitrogens with zero attached hydrogens (tertiary/aromatic N) is 1. The van der Waals surface area contributed by atoms with Crippen LogP contribution in [0.3, 0.4) is 0 Å². The molecule has 0 saturated heterocycles. The Morgan fingerprint density at radius 3 is 2.75 bits per heavy atom. The lowest BCUT2D eigenvalue weighted by atomic mass is 9.94. The number of allylic oxidation sites excluding steroid dienone is 2. The molecule has 1 aliphatic heterocycles. The molecule has 5 N–H and O–H groups in total. The molecule has 3 aliphatic rings. The Hall–Kier alpha value is -2.34. The fourth-order valence-corrected chi connectivity index (χ4v) is 4.78. The summed E-state index contributed by atoms with van der Waals surface area (Å²) in [4.78, 5) is 12.2. The van der Waals surface area contributed by atoms with E-state index in [4.69, 9.17) is 15.3 Å². The molecule has 3 rings (SSSR count). The van der Waals surface area contributed by atoms with Crippen molar-refractivity contribution in [3.63, 3.8) is 0 Å². The Bertz CT molecular complexity index is 979. The van der Waals surface area contributed by atoms with Crippen LogP contribution < -0.4 is 21.2 Å². The van der Waals surface area contributed by atoms with E-state index in [-0.39, 0.29) is 18.7 Å². The fourth-order valence-electron chi connectivity index (χ4n) is 3.63. The molecule has 0 bridgehead atoms. The molecule has 0 aromatic rings. The Kier molecular flexibility index (Phi) is 7.03. The third kappa shape index (κ3) is 5.34. The van der Waals surface area contributed by atoms with Gasteiger partial charge in [0.1, 0.15) is 7.05 Å². The highest BCUT2D eigenvalue weighted by molar-refractivity contribution is 7.84. The van der Waals surface area contributed by atoms with Crippen LogP contribution in [0.25, 0.3) is 0 Å². The number of hydrogen-bond acceptors (Lipinski definition) is 6. The Morgan fingerprint density at radius 1 is 1.34 bits per heavy atom. The predicted molar refractivity (Wildman–Crippen MR) is 121 cm³/mol. The maximum atomic E-state index is 12.3. The van der Waals surface area contributed by atoms with Crippen molar-refractivity contribution < 1.29 is 26.7 Å². The fraction of sp³-hybridized carbons (Fsp3) is 0.571. The van der Waals surface area contributed by atoms with E-state index in [1.807, 2.05) is 32.1 Å². The SMILES string of the molecule is COC1C=CC(CNC(=O)NCC(C)(C)COC2=CCCC3=C2[N+](C)(N)S(=O)(=O)N3)=CC1. The first kappa shape index (κ1) is 24.3. The van der Waals surface area contributed by atoms with Crippen molar-refractivity contribution >= 4 is 16.2 Å². The molecule has 32 heavy (non-hydrogen) atoms. The third-order valence-electron chi connectivity index (χ3n) is 5.68. The van der Waals surface area contributed by atoms with E-state index in [1.54, 1.807) is 7.11 Å². The van der Waals surface area contributed by atoms with Gasteiger partial charge in [-0.25, -0.2) is 9.52 Å². The van der Waals surface area contributed by atoms with Crippen LogP contribution >= 0.6 is 0 Å². The maximum Gasteiger partial charge on any atom is 0.416 e. The number of likely N-dealkylation sites (N-methyl/N-ethyl adjacent to an activating group) is 1. The smallest absolute Gasteiger partial charge is 0.416 e. The average molecular weight is 469 g/mol. The number of amides is 2. The van der Waals surface area contributed by atoms with Crippen LogP contribution in [-0.2, 0) is 19.7 Å². The number of rotatable bonds is 8. The molecule has 2 unspecified atom stereocenters. The molecule has 0 radical (unpaired) electrons. The number of quaternary nitrogens is 1. The van der Waals surface area contributed by atoms with E-state index >= 15 is 0 Å². The summed E-state index contributed by atoms with van der Waals surface area (Å²) in [5.74, 6) is 6.54. The number of carbonyl (C=O) groups excluding carboxylic acids is 1. The highest BCUT2D eigenvalue weighted by Gasteiger charge is 2.51. The number of nitrogens with one attached hydrogen (secondary N) is 3. The first-order chi connectivity index (χ1) is 14.9. The van der Waals surface area contributed by atoms with Gasteiger partial charge in [-0.3, -0.25) is 0 Å². The van der Waals surface area contributed by atoms with Crippen molar-refractivity contribution in [3.05, 3.63) is 47.0 Å². The van der Waals surface area contributed by atoms with Crippen molar-refractivity contribution in [2.24, 2.45) is 11.3 Å². The molecule has 1 heterocycles. The predicted octanol–water partition coefficient (Wildman–Crippen LogP) is 1.29. The van der Waals surface area contributed by atoms with Gasteiger partial charge in [-0.05, 0) is 30.9 Å². The molecule has 2 aliphatic carbocycles. The van der Waals surface area contributed by atoms with Crippen LogP contribution in [-0.4, -0.2) is 58.4 Å². The van der Waals surface area contributed by atoms with Gasteiger partial charge >= 0.3 is 16.2 Å². The number of urea groups is 1. The first-order valence-corrected chi connectivity index (χ1v) is 12.1. The molecule has 10 nitrogen and oxygen atoms in total. The molecular weight excluding hydrogens is 434 g/mol. The van der Waals surface area contributed by atoms with E-state index in [0.717, 1.165) is 12.0 Å². The second kappa shape index (κ2) is 9.26. The van der Waals surface area contributed by atoms with Gasteiger partial charge in [0, 0.05) is 25.6 Å². The van der Waals surface area contributed by atoms with Crippen molar-refractivity contribution in [2.75, 3.05) is 33.9 Å². The maximum absolute atomic E-state index is 12.3.